The molecule has 1 amide bonds. The molecule has 0 spiro atoms. The van der Waals surface area contributed by atoms with Crippen molar-refractivity contribution in [3.8, 4) is 11.9 Å². The first kappa shape index (κ1) is 32.7. The number of piperazine rings is 1. The molecule has 2 atom stereocenters. The number of ether oxygens (including phenoxy) is 3. The van der Waals surface area contributed by atoms with Crippen LogP contribution in [0, 0.1) is 11.2 Å². The van der Waals surface area contributed by atoms with Gasteiger partial charge in [-0.15, -0.1) is 0 Å². The predicted molar refractivity (Wildman–Crippen MR) is 158 cm³/mol. The van der Waals surface area contributed by atoms with Crippen molar-refractivity contribution in [1.29, 1.82) is 0 Å². The molecule has 5 heterocycles. The molecule has 46 heavy (non-hydrogen) atoms. The normalized spacial score (nSPS) is 22.9. The van der Waals surface area contributed by atoms with Gasteiger partial charge in [-0.25, -0.2) is 9.18 Å². The summed E-state index contributed by atoms with van der Waals surface area (Å²) < 4.78 is 84.8. The molecule has 3 aliphatic heterocycles. The van der Waals surface area contributed by atoms with Crippen molar-refractivity contribution in [2.45, 2.75) is 83.6 Å². The smallest absolute Gasteiger partial charge is 0.410 e. The molecule has 252 valence electrons. The van der Waals surface area contributed by atoms with Crippen molar-refractivity contribution in [2.75, 3.05) is 44.2 Å². The lowest BCUT2D eigenvalue weighted by atomic mass is 10.0. The number of likely N-dealkylation sites (tertiary alicyclic amines) is 1. The number of amides is 1. The summed E-state index contributed by atoms with van der Waals surface area (Å²) in [5.41, 5.74) is -1.12. The summed E-state index contributed by atoms with van der Waals surface area (Å²) in [5.74, 6) is -1.59. The van der Waals surface area contributed by atoms with E-state index in [1.54, 1.807) is 30.6 Å². The molecule has 0 radical (unpaired) electrons. The van der Waals surface area contributed by atoms with Gasteiger partial charge in [-0.2, -0.15) is 32.5 Å². The second-order valence-electron chi connectivity index (χ2n) is 13.6. The van der Waals surface area contributed by atoms with Crippen molar-refractivity contribution in [3.63, 3.8) is 0 Å². The van der Waals surface area contributed by atoms with Crippen LogP contribution in [0.1, 0.15) is 59.3 Å². The molecule has 2 bridgehead atoms. The van der Waals surface area contributed by atoms with Crippen molar-refractivity contribution in [1.82, 2.24) is 24.8 Å². The van der Waals surface area contributed by atoms with Gasteiger partial charge in [0.2, 0.25) is 5.88 Å². The molecular formula is C30H36ClF5N6O4. The average molecular weight is 675 g/mol. The zero-order chi connectivity index (χ0) is 33.0. The van der Waals surface area contributed by atoms with Crippen LogP contribution in [-0.4, -0.2) is 94.5 Å². The van der Waals surface area contributed by atoms with E-state index >= 15 is 4.39 Å². The van der Waals surface area contributed by atoms with Crippen LogP contribution in [0.15, 0.2) is 11.7 Å². The van der Waals surface area contributed by atoms with Crippen LogP contribution in [0.4, 0.5) is 32.6 Å². The summed E-state index contributed by atoms with van der Waals surface area (Å²) in [4.78, 5) is 31.2. The summed E-state index contributed by atoms with van der Waals surface area (Å²) in [6, 6.07) is -0.718. The molecule has 1 saturated carbocycles. The maximum atomic E-state index is 15.5. The highest BCUT2D eigenvalue weighted by molar-refractivity contribution is 6.30. The number of carbonyl (C=O) groups excluding carboxylic acids is 1. The van der Waals surface area contributed by atoms with E-state index in [4.69, 9.17) is 21.1 Å². The molecule has 10 nitrogen and oxygen atoms in total. The van der Waals surface area contributed by atoms with Gasteiger partial charge in [-0.05, 0) is 64.9 Å². The Bertz CT molecular complexity index is 1510. The Morgan fingerprint density at radius 3 is 2.28 bits per heavy atom. The summed E-state index contributed by atoms with van der Waals surface area (Å²) in [6.45, 7) is 4.46. The molecule has 3 saturated heterocycles. The molecule has 2 aromatic heterocycles. The molecule has 1 aliphatic carbocycles. The third kappa shape index (κ3) is 6.90. The Hall–Kier alpha value is -3.20. The number of aromatic nitrogens is 3. The highest BCUT2D eigenvalue weighted by atomic mass is 35.5. The van der Waals surface area contributed by atoms with Gasteiger partial charge in [0.1, 0.15) is 22.3 Å². The highest BCUT2D eigenvalue weighted by Crippen LogP contribution is 2.47. The van der Waals surface area contributed by atoms with Gasteiger partial charge >= 0.3 is 18.7 Å². The number of rotatable bonds is 8. The monoisotopic (exact) mass is 674 g/mol. The molecule has 2 aromatic rings. The molecule has 6 rings (SSSR count). The first-order chi connectivity index (χ1) is 21.7. The molecule has 2 unspecified atom stereocenters. The quantitative estimate of drug-likeness (QED) is 0.233. The third-order valence-corrected chi connectivity index (χ3v) is 9.26. The minimum absolute atomic E-state index is 0.0768. The van der Waals surface area contributed by atoms with Crippen molar-refractivity contribution < 1.29 is 41.0 Å². The summed E-state index contributed by atoms with van der Waals surface area (Å²) in [6.07, 6.45) is 1.64. The Labute approximate surface area is 267 Å². The fraction of sp³-hybridized carbons (Fsp3) is 0.667. The number of alkyl halides is 2. The van der Waals surface area contributed by atoms with E-state index in [-0.39, 0.29) is 65.5 Å². The van der Waals surface area contributed by atoms with E-state index in [1.807, 2.05) is 0 Å². The van der Waals surface area contributed by atoms with Crippen LogP contribution in [0.2, 0.25) is 5.15 Å². The van der Waals surface area contributed by atoms with Crippen LogP contribution in [0.3, 0.4) is 0 Å². The number of nitrogens with zero attached hydrogens (tertiary/aromatic N) is 6. The van der Waals surface area contributed by atoms with Gasteiger partial charge in [-0.1, -0.05) is 11.6 Å². The van der Waals surface area contributed by atoms with Gasteiger partial charge in [-0.3, -0.25) is 4.90 Å². The van der Waals surface area contributed by atoms with E-state index in [1.165, 1.54) is 0 Å². The number of fused-ring (bicyclic) bond motifs is 3. The molecule has 0 aromatic carbocycles. The fourth-order valence-corrected chi connectivity index (χ4v) is 6.78. The van der Waals surface area contributed by atoms with Crippen molar-refractivity contribution in [2.24, 2.45) is 5.41 Å². The van der Waals surface area contributed by atoms with Crippen LogP contribution < -0.4 is 14.4 Å². The van der Waals surface area contributed by atoms with Gasteiger partial charge in [0.15, 0.2) is 11.0 Å². The minimum Gasteiger partial charge on any atom is -0.463 e. The topological polar surface area (TPSA) is 93.2 Å². The third-order valence-electron chi connectivity index (χ3n) is 9.01. The second-order valence-corrected chi connectivity index (χ2v) is 13.9. The van der Waals surface area contributed by atoms with Gasteiger partial charge in [0, 0.05) is 38.1 Å². The number of pyridine rings is 1. The number of halogens is 6. The lowest BCUT2D eigenvalue weighted by molar-refractivity contribution is -0.0517. The first-order valence-corrected chi connectivity index (χ1v) is 15.8. The number of hydrogen-bond acceptors (Lipinski definition) is 9. The van der Waals surface area contributed by atoms with Crippen LogP contribution in [0.25, 0.3) is 10.9 Å². The molecule has 0 N–H and O–H groups in total. The lowest BCUT2D eigenvalue weighted by Gasteiger charge is -2.42. The maximum absolute atomic E-state index is 15.5. The van der Waals surface area contributed by atoms with Crippen molar-refractivity contribution >= 4 is 34.4 Å². The Kier molecular flexibility index (Phi) is 8.85. The predicted octanol–water partition coefficient (Wildman–Crippen LogP) is 6.41. The maximum Gasteiger partial charge on any atom is 0.410 e. The van der Waals surface area contributed by atoms with Gasteiger partial charge in [0.05, 0.1) is 18.7 Å². The number of piperidine rings is 1. The SMILES string of the molecule is CC(C)(C)OC(=O)N1C2CCC1CN(c1nc(OCC3(CN4CCC(=C(F)F)CC4)CC3)nc3c(F)c(Cl)nc(OC(F)F)c13)C2. The molecular weight excluding hydrogens is 639 g/mol. The first-order valence-electron chi connectivity index (χ1n) is 15.4. The molecule has 16 heteroatoms. The van der Waals surface area contributed by atoms with Crippen molar-refractivity contribution in [3.05, 3.63) is 22.6 Å². The zero-order valence-electron chi connectivity index (χ0n) is 25.8. The Morgan fingerprint density at radius 2 is 1.72 bits per heavy atom. The van der Waals surface area contributed by atoms with Crippen LogP contribution in [-0.2, 0) is 4.74 Å². The Morgan fingerprint density at radius 1 is 1.07 bits per heavy atom. The van der Waals surface area contributed by atoms with Gasteiger partial charge in [0.25, 0.3) is 6.08 Å². The van der Waals surface area contributed by atoms with Gasteiger partial charge < -0.3 is 24.0 Å². The zero-order valence-corrected chi connectivity index (χ0v) is 26.6. The number of carbonyl (C=O) groups is 1. The van der Waals surface area contributed by atoms with E-state index in [0.29, 0.717) is 45.3 Å². The fourth-order valence-electron chi connectivity index (χ4n) is 6.62. The molecule has 4 fully saturated rings. The second kappa shape index (κ2) is 12.4. The highest BCUT2D eigenvalue weighted by Gasteiger charge is 2.47. The standard InChI is InChI=1S/C30H36ClF5N6O4/c1-29(2,3)46-28(43)42-17-4-5-18(42)13-41(12-17)24-19-21(20(32)22(31)38-25(19)45-26(35)36)37-27(39-24)44-15-30(8-9-30)14-40-10-6-16(7-11-40)23(33)34/h17-18,26H,4-15H2,1-3H3. The van der Waals surface area contributed by atoms with Crippen LogP contribution >= 0.6 is 11.6 Å². The van der Waals surface area contributed by atoms with E-state index < -0.39 is 41.2 Å². The minimum atomic E-state index is -3.28. The van der Waals surface area contributed by atoms with E-state index in [0.717, 1.165) is 12.8 Å². The van der Waals surface area contributed by atoms with Crippen LogP contribution in [0.5, 0.6) is 11.9 Å². The summed E-state index contributed by atoms with van der Waals surface area (Å²) in [7, 11) is 0. The molecule has 4 aliphatic rings. The number of anilines is 1. The largest absolute Gasteiger partial charge is 0.463 e. The number of hydrogen-bond donors (Lipinski definition) is 0. The average Bonchev–Trinajstić information content (AvgIpc) is 3.69. The van der Waals surface area contributed by atoms with E-state index in [2.05, 4.69) is 24.6 Å². The Balaban J connectivity index is 1.28. The summed E-state index contributed by atoms with van der Waals surface area (Å²) >= 11 is 5.99. The summed E-state index contributed by atoms with van der Waals surface area (Å²) in [5, 5.41) is -0.881. The van der Waals surface area contributed by atoms with E-state index in [9.17, 15) is 22.4 Å². The lowest BCUT2D eigenvalue weighted by Crippen LogP contribution is -2.57.